The zero-order chi connectivity index (χ0) is 42.3. The Kier molecular flexibility index (Phi) is 16.3. The van der Waals surface area contributed by atoms with Crippen molar-refractivity contribution >= 4 is 35.1 Å². The fraction of sp³-hybridized carbons (Fsp3) is 0.277. The number of hydrogen-bond donors (Lipinski definition) is 3. The molecule has 302 valence electrons. The van der Waals surface area contributed by atoms with E-state index in [9.17, 15) is 9.59 Å². The van der Waals surface area contributed by atoms with E-state index < -0.39 is 18.0 Å². The van der Waals surface area contributed by atoms with Crippen LogP contribution in [-0.2, 0) is 40.0 Å². The summed E-state index contributed by atoms with van der Waals surface area (Å²) in [5.74, 6) is -1.08. The van der Waals surface area contributed by atoms with Crippen molar-refractivity contribution in [1.82, 2.24) is 0 Å². The summed E-state index contributed by atoms with van der Waals surface area (Å²) in [6.45, 7) is 21.3. The van der Waals surface area contributed by atoms with E-state index in [0.717, 1.165) is 28.2 Å². The molecule has 0 amide bonds. The molecule has 0 aliphatic heterocycles. The molecule has 3 rings (SSSR count). The van der Waals surface area contributed by atoms with Crippen LogP contribution in [0.25, 0.3) is 6.08 Å². The molecule has 0 heterocycles. The van der Waals surface area contributed by atoms with E-state index in [4.69, 9.17) is 31.9 Å². The van der Waals surface area contributed by atoms with Gasteiger partial charge in [-0.3, -0.25) is 19.6 Å². The first-order valence-corrected chi connectivity index (χ1v) is 18.7. The highest BCUT2D eigenvalue weighted by atomic mass is 17.2. The molecule has 3 aromatic rings. The lowest BCUT2D eigenvalue weighted by atomic mass is 9.86. The zero-order valence-corrected chi connectivity index (χ0v) is 34.7. The van der Waals surface area contributed by atoms with Gasteiger partial charge in [-0.1, -0.05) is 109 Å². The largest absolute Gasteiger partial charge is 0.397 e. The third-order valence-electron chi connectivity index (χ3n) is 8.56. The molecule has 0 fully saturated rings. The lowest BCUT2D eigenvalue weighted by molar-refractivity contribution is -0.242. The molecule has 1 unspecified atom stereocenters. The van der Waals surface area contributed by atoms with Crippen molar-refractivity contribution in [2.45, 2.75) is 85.6 Å². The molecule has 10 nitrogen and oxygen atoms in total. The van der Waals surface area contributed by atoms with Gasteiger partial charge in [0.15, 0.2) is 11.5 Å². The highest BCUT2D eigenvalue weighted by molar-refractivity contribution is 5.77. The Morgan fingerprint density at radius 3 is 1.53 bits per heavy atom. The highest BCUT2D eigenvalue weighted by Gasteiger charge is 2.18. The van der Waals surface area contributed by atoms with E-state index >= 15 is 0 Å². The number of benzene rings is 3. The molecule has 0 saturated heterocycles. The quantitative estimate of drug-likeness (QED) is 0.0555. The molecule has 0 aromatic heterocycles. The van der Waals surface area contributed by atoms with Gasteiger partial charge >= 0.3 is 11.9 Å². The normalized spacial score (nSPS) is 13.9. The maximum atomic E-state index is 11.5. The number of rotatable bonds is 16. The van der Waals surface area contributed by atoms with Gasteiger partial charge in [0.25, 0.3) is 0 Å². The van der Waals surface area contributed by atoms with E-state index in [0.29, 0.717) is 0 Å². The molecule has 0 aliphatic rings. The van der Waals surface area contributed by atoms with Crippen molar-refractivity contribution in [3.05, 3.63) is 167 Å². The van der Waals surface area contributed by atoms with Crippen molar-refractivity contribution in [3.8, 4) is 0 Å². The second-order valence-corrected chi connectivity index (χ2v) is 15.4. The van der Waals surface area contributed by atoms with Crippen molar-refractivity contribution < 1.29 is 29.1 Å². The van der Waals surface area contributed by atoms with Crippen molar-refractivity contribution in [2.75, 3.05) is 4.90 Å². The Labute approximate surface area is 338 Å². The monoisotopic (exact) mass is 774 g/mol. The van der Waals surface area contributed by atoms with Crippen LogP contribution in [0.3, 0.4) is 0 Å². The molecule has 0 radical (unpaired) electrons. The van der Waals surface area contributed by atoms with E-state index in [1.54, 1.807) is 19.1 Å². The van der Waals surface area contributed by atoms with Gasteiger partial charge in [-0.05, 0) is 95.0 Å². The predicted molar refractivity (Wildman–Crippen MR) is 231 cm³/mol. The maximum absolute atomic E-state index is 11.5. The minimum Gasteiger partial charge on any atom is -0.397 e. The molecular formula is C47H58N4O6. The summed E-state index contributed by atoms with van der Waals surface area (Å²) >= 11 is 0. The number of carbonyl (C=O) groups is 2. The maximum Gasteiger partial charge on any atom is 0.352 e. The third-order valence-corrected chi connectivity index (χ3v) is 8.56. The fourth-order valence-electron chi connectivity index (χ4n) is 5.31. The number of nitrogens with zero attached hydrogens (tertiary/aromatic N) is 1. The predicted octanol–water partition coefficient (Wildman–Crippen LogP) is 10.1. The zero-order valence-electron chi connectivity index (χ0n) is 34.7. The lowest BCUT2D eigenvalue weighted by Gasteiger charge is -2.28. The molecule has 0 bridgehead atoms. The van der Waals surface area contributed by atoms with E-state index in [-0.39, 0.29) is 40.2 Å². The van der Waals surface area contributed by atoms with Gasteiger partial charge in [0.1, 0.15) is 0 Å². The molecule has 0 aliphatic carbocycles. The molecule has 0 spiro atoms. The first-order chi connectivity index (χ1) is 26.8. The van der Waals surface area contributed by atoms with Gasteiger partial charge in [-0.25, -0.2) is 9.59 Å². The first kappa shape index (κ1) is 45.1. The number of hydrogen-bond acceptors (Lipinski definition) is 10. The van der Waals surface area contributed by atoms with Crippen LogP contribution in [0.4, 0.5) is 17.1 Å². The molecular weight excluding hydrogens is 717 g/mol. The van der Waals surface area contributed by atoms with Gasteiger partial charge < -0.3 is 22.1 Å². The van der Waals surface area contributed by atoms with Crippen LogP contribution in [0.1, 0.15) is 85.4 Å². The summed E-state index contributed by atoms with van der Waals surface area (Å²) in [6, 6.07) is 25.4. The third kappa shape index (κ3) is 14.7. The van der Waals surface area contributed by atoms with Crippen LogP contribution in [0.2, 0.25) is 0 Å². The van der Waals surface area contributed by atoms with Crippen molar-refractivity contribution in [3.63, 3.8) is 0 Å². The molecule has 6 N–H and O–H groups in total. The minimum absolute atomic E-state index is 0.0512. The van der Waals surface area contributed by atoms with Crippen LogP contribution in [0.5, 0.6) is 0 Å². The van der Waals surface area contributed by atoms with Gasteiger partial charge in [0.2, 0.25) is 0 Å². The van der Waals surface area contributed by atoms with Gasteiger partial charge in [-0.15, -0.1) is 0 Å². The molecule has 1 atom stereocenters. The SMILES string of the molecule is C=CC(/C=C/c1ccc(N(c2ccc(C(C)(C)C)cc2)c2ccc(C(C)(C)C)cc2)cc1)=C\C(N)C\C=C(/C=C(N)/C(N)=C/C(=C\C)OOC(C)=O)OOC(C)=O. The van der Waals surface area contributed by atoms with Crippen molar-refractivity contribution in [1.29, 1.82) is 0 Å². The van der Waals surface area contributed by atoms with Crippen LogP contribution in [0.15, 0.2) is 150 Å². The minimum atomic E-state index is -0.670. The average Bonchev–Trinajstić information content (AvgIpc) is 3.16. The summed E-state index contributed by atoms with van der Waals surface area (Å²) in [6.07, 6.45) is 13.6. The van der Waals surface area contributed by atoms with Gasteiger partial charge in [0, 0.05) is 49.1 Å². The second kappa shape index (κ2) is 20.6. The summed E-state index contributed by atoms with van der Waals surface area (Å²) in [7, 11) is 0. The van der Waals surface area contributed by atoms with Gasteiger partial charge in [0.05, 0.1) is 11.4 Å². The molecule has 3 aromatic carbocycles. The second-order valence-electron chi connectivity index (χ2n) is 15.4. The summed E-state index contributed by atoms with van der Waals surface area (Å²) in [5, 5.41) is 0. The number of anilines is 3. The summed E-state index contributed by atoms with van der Waals surface area (Å²) in [5.41, 5.74) is 26.5. The Balaban J connectivity index is 1.84. The topological polar surface area (TPSA) is 152 Å². The number of carbonyl (C=O) groups excluding carboxylic acids is 2. The Morgan fingerprint density at radius 1 is 0.702 bits per heavy atom. The van der Waals surface area contributed by atoms with Crippen LogP contribution < -0.4 is 22.1 Å². The molecule has 10 heteroatoms. The fourth-order valence-corrected chi connectivity index (χ4v) is 5.31. The Hall–Kier alpha value is -6.26. The standard InChI is InChI=1S/C47H58N4O6/c1-11-34(29-38(48)21-28-43(57-55-33(4)53)31-45(50)44(49)30-42(12-2)56-54-32(3)52)13-14-35-15-22-39(23-16-35)51(40-24-17-36(18-25-40)46(5,6)7)41-26-19-37(20-27-41)47(8,9)10/h11-20,22-31,38H,1,21,48-50H2,2-10H3/b14-13+,34-29+,42-12+,43-28+,44-30-,45-31-. The van der Waals surface area contributed by atoms with Crippen LogP contribution >= 0.6 is 0 Å². The lowest BCUT2D eigenvalue weighted by Crippen LogP contribution is -2.16. The van der Waals surface area contributed by atoms with E-state index in [1.807, 2.05) is 18.2 Å². The first-order valence-electron chi connectivity index (χ1n) is 18.7. The van der Waals surface area contributed by atoms with Crippen LogP contribution in [0, 0.1) is 0 Å². The number of nitrogens with two attached hydrogens (primary N) is 3. The summed E-state index contributed by atoms with van der Waals surface area (Å²) < 4.78 is 0. The molecule has 0 saturated carbocycles. The van der Waals surface area contributed by atoms with Crippen LogP contribution in [-0.4, -0.2) is 18.0 Å². The van der Waals surface area contributed by atoms with Gasteiger partial charge in [-0.2, -0.15) is 0 Å². The average molecular weight is 775 g/mol. The van der Waals surface area contributed by atoms with E-state index in [2.05, 4.69) is 131 Å². The summed E-state index contributed by atoms with van der Waals surface area (Å²) in [4.78, 5) is 44.2. The van der Waals surface area contributed by atoms with E-state index in [1.165, 1.54) is 43.2 Å². The van der Waals surface area contributed by atoms with Crippen molar-refractivity contribution in [2.24, 2.45) is 17.2 Å². The smallest absolute Gasteiger partial charge is 0.352 e. The Morgan fingerprint density at radius 2 is 1.12 bits per heavy atom. The highest BCUT2D eigenvalue weighted by Crippen LogP contribution is 2.37. The Bertz CT molecular complexity index is 1970. The molecule has 57 heavy (non-hydrogen) atoms. The number of allylic oxidation sites excluding steroid dienone is 6.